The number of amides is 1. The Bertz CT molecular complexity index is 497. The van der Waals surface area contributed by atoms with E-state index in [4.69, 9.17) is 4.74 Å². The van der Waals surface area contributed by atoms with Crippen LogP contribution in [0.15, 0.2) is 12.5 Å². The molecule has 118 valence electrons. The van der Waals surface area contributed by atoms with E-state index in [-0.39, 0.29) is 6.04 Å². The number of ether oxygens (including phenoxy) is 1. The lowest BCUT2D eigenvalue weighted by atomic mass is 10.1. The first-order valence-corrected chi connectivity index (χ1v) is 7.06. The number of carbonyl (C=O) groups excluding carboxylic acids is 1. The van der Waals surface area contributed by atoms with Gasteiger partial charge in [-0.25, -0.2) is 18.6 Å². The minimum absolute atomic E-state index is 0.249. The summed E-state index contributed by atoms with van der Waals surface area (Å²) in [6, 6.07) is -0.249. The summed E-state index contributed by atoms with van der Waals surface area (Å²) in [6.07, 6.45) is 1.63. The van der Waals surface area contributed by atoms with Crippen molar-refractivity contribution in [1.29, 1.82) is 0 Å². The first-order chi connectivity index (χ1) is 9.78. The molecule has 0 N–H and O–H groups in total. The number of hydrogen-bond acceptors (Lipinski definition) is 3. The normalized spacial score (nSPS) is 19.3. The Balaban J connectivity index is 2.15. The van der Waals surface area contributed by atoms with Crippen molar-refractivity contribution in [2.24, 2.45) is 0 Å². The second-order valence-electron chi connectivity index (χ2n) is 6.19. The number of carbonyl (C=O) groups is 1. The molecule has 7 heteroatoms. The van der Waals surface area contributed by atoms with Gasteiger partial charge in [-0.2, -0.15) is 0 Å². The second-order valence-corrected chi connectivity index (χ2v) is 6.19. The summed E-state index contributed by atoms with van der Waals surface area (Å²) in [5.74, 6) is 0. The van der Waals surface area contributed by atoms with Gasteiger partial charge >= 0.3 is 6.09 Å². The molecule has 0 aromatic carbocycles. The number of aromatic nitrogens is 2. The zero-order chi connectivity index (χ0) is 15.6. The molecule has 0 saturated carbocycles. The number of imidazole rings is 1. The molecule has 0 aliphatic carbocycles. The third-order valence-corrected chi connectivity index (χ3v) is 3.30. The Morgan fingerprint density at radius 3 is 2.86 bits per heavy atom. The summed E-state index contributed by atoms with van der Waals surface area (Å²) in [5, 5.41) is 0. The van der Waals surface area contributed by atoms with Gasteiger partial charge in [0, 0.05) is 6.54 Å². The monoisotopic (exact) mass is 301 g/mol. The molecule has 1 aliphatic rings. The van der Waals surface area contributed by atoms with Gasteiger partial charge in [-0.15, -0.1) is 0 Å². The lowest BCUT2D eigenvalue weighted by Gasteiger charge is -2.29. The second kappa shape index (κ2) is 5.99. The highest BCUT2D eigenvalue weighted by molar-refractivity contribution is 5.69. The van der Waals surface area contributed by atoms with Crippen LogP contribution in [0.4, 0.5) is 13.6 Å². The predicted molar refractivity (Wildman–Crippen MR) is 73.1 cm³/mol. The smallest absolute Gasteiger partial charge is 0.410 e. The molecule has 1 aliphatic heterocycles. The number of halogens is 2. The Morgan fingerprint density at radius 1 is 1.52 bits per heavy atom. The molecule has 2 rings (SSSR count). The van der Waals surface area contributed by atoms with Crippen molar-refractivity contribution in [1.82, 2.24) is 14.5 Å². The van der Waals surface area contributed by atoms with Crippen LogP contribution in [-0.2, 0) is 11.3 Å². The molecule has 21 heavy (non-hydrogen) atoms. The Labute approximate surface area is 122 Å². The maximum Gasteiger partial charge on any atom is 0.410 e. The van der Waals surface area contributed by atoms with Crippen LogP contribution >= 0.6 is 0 Å². The van der Waals surface area contributed by atoms with Crippen LogP contribution in [0.2, 0.25) is 0 Å². The van der Waals surface area contributed by atoms with E-state index < -0.39 is 24.7 Å². The van der Waals surface area contributed by atoms with E-state index in [9.17, 15) is 13.6 Å². The van der Waals surface area contributed by atoms with E-state index in [2.05, 4.69) is 4.98 Å². The van der Waals surface area contributed by atoms with E-state index >= 15 is 0 Å². The molecule has 0 spiro atoms. The quantitative estimate of drug-likeness (QED) is 0.861. The molecular formula is C14H21F2N3O2. The Kier molecular flexibility index (Phi) is 4.49. The van der Waals surface area contributed by atoms with Crippen LogP contribution in [0.25, 0.3) is 0 Å². The minimum Gasteiger partial charge on any atom is -0.444 e. The molecule has 0 unspecified atom stereocenters. The zero-order valence-corrected chi connectivity index (χ0v) is 12.6. The summed E-state index contributed by atoms with van der Waals surface area (Å²) in [7, 11) is 0. The van der Waals surface area contributed by atoms with Crippen LogP contribution in [0.3, 0.4) is 0 Å². The van der Waals surface area contributed by atoms with Crippen molar-refractivity contribution in [3.63, 3.8) is 0 Å². The molecule has 1 atom stereocenters. The van der Waals surface area contributed by atoms with Gasteiger partial charge in [-0.1, -0.05) is 0 Å². The van der Waals surface area contributed by atoms with Crippen LogP contribution in [0, 0.1) is 0 Å². The van der Waals surface area contributed by atoms with Crippen molar-refractivity contribution in [2.75, 3.05) is 6.54 Å². The first-order valence-electron chi connectivity index (χ1n) is 7.06. The van der Waals surface area contributed by atoms with Crippen LogP contribution in [-0.4, -0.2) is 39.1 Å². The Morgan fingerprint density at radius 2 is 2.24 bits per heavy atom. The molecule has 0 radical (unpaired) electrons. The minimum atomic E-state index is -2.45. The molecule has 1 fully saturated rings. The molecule has 5 nitrogen and oxygen atoms in total. The molecule has 1 aromatic heterocycles. The topological polar surface area (TPSA) is 47.4 Å². The van der Waals surface area contributed by atoms with Crippen molar-refractivity contribution in [3.05, 3.63) is 18.2 Å². The van der Waals surface area contributed by atoms with Gasteiger partial charge in [0.25, 0.3) is 6.43 Å². The molecule has 1 aromatic rings. The van der Waals surface area contributed by atoms with Gasteiger partial charge in [-0.3, -0.25) is 4.90 Å². The fraction of sp³-hybridized carbons (Fsp3) is 0.714. The maximum absolute atomic E-state index is 12.6. The highest BCUT2D eigenvalue weighted by Gasteiger charge is 2.35. The predicted octanol–water partition coefficient (Wildman–Crippen LogP) is 3.22. The van der Waals surface area contributed by atoms with E-state index in [0.29, 0.717) is 12.2 Å². The van der Waals surface area contributed by atoms with Gasteiger partial charge in [0.05, 0.1) is 30.8 Å². The van der Waals surface area contributed by atoms with Crippen LogP contribution < -0.4 is 0 Å². The van der Waals surface area contributed by atoms with E-state index in [0.717, 1.165) is 12.8 Å². The van der Waals surface area contributed by atoms with Crippen molar-refractivity contribution < 1.29 is 18.3 Å². The Hall–Kier alpha value is -1.66. The zero-order valence-electron chi connectivity index (χ0n) is 12.6. The third-order valence-electron chi connectivity index (χ3n) is 3.30. The number of hydrogen-bond donors (Lipinski definition) is 0. The average Bonchev–Trinajstić information content (AvgIpc) is 2.92. The number of rotatable bonds is 3. The lowest BCUT2D eigenvalue weighted by Crippen LogP contribution is -2.37. The first kappa shape index (κ1) is 15.7. The number of alkyl halides is 2. The van der Waals surface area contributed by atoms with Gasteiger partial charge < -0.3 is 9.30 Å². The van der Waals surface area contributed by atoms with Crippen LogP contribution in [0.1, 0.15) is 45.3 Å². The molecule has 2 heterocycles. The SMILES string of the molecule is CC(C)(C)OC(=O)N1CCC[C@H]1c1cncn1CC(F)F. The lowest BCUT2D eigenvalue weighted by molar-refractivity contribution is 0.0217. The maximum atomic E-state index is 12.6. The largest absolute Gasteiger partial charge is 0.444 e. The van der Waals surface area contributed by atoms with Gasteiger partial charge in [0.15, 0.2) is 0 Å². The van der Waals surface area contributed by atoms with Gasteiger partial charge in [0.1, 0.15) is 5.60 Å². The standard InChI is InChI=1S/C14H21F2N3O2/c1-14(2,3)21-13(20)19-6-4-5-10(19)11-7-17-9-18(11)8-12(15)16/h7,9-10,12H,4-6,8H2,1-3H3/t10-/m0/s1. The average molecular weight is 301 g/mol. The van der Waals surface area contributed by atoms with Gasteiger partial charge in [-0.05, 0) is 33.6 Å². The third kappa shape index (κ3) is 3.92. The summed E-state index contributed by atoms with van der Waals surface area (Å²) in [4.78, 5) is 17.8. The van der Waals surface area contributed by atoms with E-state index in [1.807, 2.05) is 0 Å². The summed E-state index contributed by atoms with van der Waals surface area (Å²) in [5.41, 5.74) is 0.0617. The fourth-order valence-corrected chi connectivity index (χ4v) is 2.52. The summed E-state index contributed by atoms with van der Waals surface area (Å²) < 4.78 is 32.0. The van der Waals surface area contributed by atoms with Gasteiger partial charge in [0.2, 0.25) is 0 Å². The molecule has 0 bridgehead atoms. The molecular weight excluding hydrogens is 280 g/mol. The fourth-order valence-electron chi connectivity index (χ4n) is 2.52. The summed E-state index contributed by atoms with van der Waals surface area (Å²) >= 11 is 0. The van der Waals surface area contributed by atoms with Crippen molar-refractivity contribution in [3.8, 4) is 0 Å². The number of likely N-dealkylation sites (tertiary alicyclic amines) is 1. The van der Waals surface area contributed by atoms with Crippen molar-refractivity contribution in [2.45, 2.75) is 58.2 Å². The summed E-state index contributed by atoms with van der Waals surface area (Å²) in [6.45, 7) is 5.57. The van der Waals surface area contributed by atoms with E-state index in [1.165, 1.54) is 10.9 Å². The molecule has 1 saturated heterocycles. The van der Waals surface area contributed by atoms with Crippen molar-refractivity contribution >= 4 is 6.09 Å². The number of nitrogens with zero attached hydrogens (tertiary/aromatic N) is 3. The molecule has 1 amide bonds. The van der Waals surface area contributed by atoms with E-state index in [1.54, 1.807) is 31.9 Å². The highest BCUT2D eigenvalue weighted by atomic mass is 19.3. The highest BCUT2D eigenvalue weighted by Crippen LogP contribution is 2.33. The van der Waals surface area contributed by atoms with Crippen LogP contribution in [0.5, 0.6) is 0 Å².